The highest BCUT2D eigenvalue weighted by atomic mass is 16.5. The van der Waals surface area contributed by atoms with Gasteiger partial charge in [-0.15, -0.1) is 0 Å². The second kappa shape index (κ2) is 7.40. The van der Waals surface area contributed by atoms with Gasteiger partial charge >= 0.3 is 0 Å². The van der Waals surface area contributed by atoms with Crippen LogP contribution in [0.3, 0.4) is 0 Å². The molecule has 2 aromatic carbocycles. The highest BCUT2D eigenvalue weighted by Gasteiger charge is 2.28. The fourth-order valence-corrected chi connectivity index (χ4v) is 3.49. The Balaban J connectivity index is 1.61. The quantitative estimate of drug-likeness (QED) is 0.901. The van der Waals surface area contributed by atoms with E-state index in [0.717, 1.165) is 19.4 Å². The molecule has 1 fully saturated rings. The lowest BCUT2D eigenvalue weighted by Gasteiger charge is -2.21. The lowest BCUT2D eigenvalue weighted by Crippen LogP contribution is -2.32. The van der Waals surface area contributed by atoms with Crippen LogP contribution in [-0.2, 0) is 4.74 Å². The number of carbonyl (C=O) groups is 2. The number of hydrogen-bond acceptors (Lipinski definition) is 4. The average Bonchev–Trinajstić information content (AvgIpc) is 3.17. The van der Waals surface area contributed by atoms with Gasteiger partial charge in [0.05, 0.1) is 17.4 Å². The molecule has 1 N–H and O–H groups in total. The summed E-state index contributed by atoms with van der Waals surface area (Å²) in [6, 6.07) is 12.4. The second-order valence-electron chi connectivity index (χ2n) is 6.68. The van der Waals surface area contributed by atoms with Crippen molar-refractivity contribution < 1.29 is 19.1 Å². The van der Waals surface area contributed by atoms with Crippen molar-refractivity contribution in [2.24, 2.45) is 0 Å². The van der Waals surface area contributed by atoms with Crippen LogP contribution in [0.25, 0.3) is 0 Å². The molecule has 0 aliphatic carbocycles. The van der Waals surface area contributed by atoms with Crippen LogP contribution in [-0.4, -0.2) is 37.6 Å². The molecule has 4 rings (SSSR count). The first kappa shape index (κ1) is 17.5. The van der Waals surface area contributed by atoms with E-state index in [1.165, 1.54) is 0 Å². The summed E-state index contributed by atoms with van der Waals surface area (Å²) in [5.41, 5.74) is 1.61. The number of fused-ring (bicyclic) bond motifs is 2. The van der Waals surface area contributed by atoms with E-state index >= 15 is 0 Å². The van der Waals surface area contributed by atoms with Crippen LogP contribution in [0.15, 0.2) is 42.5 Å². The van der Waals surface area contributed by atoms with Crippen molar-refractivity contribution in [2.75, 3.05) is 24.6 Å². The van der Waals surface area contributed by atoms with Crippen molar-refractivity contribution in [1.29, 1.82) is 0 Å². The second-order valence-corrected chi connectivity index (χ2v) is 6.68. The summed E-state index contributed by atoms with van der Waals surface area (Å²) in [5, 5.41) is 2.92. The molecule has 1 unspecified atom stereocenters. The minimum atomic E-state index is -0.182. The molecule has 6 nitrogen and oxygen atoms in total. The molecule has 0 saturated carbocycles. The van der Waals surface area contributed by atoms with E-state index in [9.17, 15) is 9.59 Å². The van der Waals surface area contributed by atoms with Crippen molar-refractivity contribution in [3.05, 3.63) is 53.6 Å². The Kier molecular flexibility index (Phi) is 4.81. The third kappa shape index (κ3) is 3.40. The van der Waals surface area contributed by atoms with Gasteiger partial charge in [-0.1, -0.05) is 12.1 Å². The first-order valence-corrected chi connectivity index (χ1v) is 9.30. The number of nitrogens with zero attached hydrogens (tertiary/aromatic N) is 1. The van der Waals surface area contributed by atoms with Gasteiger partial charge in [-0.2, -0.15) is 0 Å². The predicted molar refractivity (Wildman–Crippen MR) is 102 cm³/mol. The molecule has 0 bridgehead atoms. The van der Waals surface area contributed by atoms with E-state index in [2.05, 4.69) is 5.32 Å². The first-order valence-electron chi connectivity index (χ1n) is 9.30. The van der Waals surface area contributed by atoms with E-state index in [4.69, 9.17) is 9.47 Å². The van der Waals surface area contributed by atoms with E-state index in [-0.39, 0.29) is 17.9 Å². The fourth-order valence-electron chi connectivity index (χ4n) is 3.49. The van der Waals surface area contributed by atoms with Gasteiger partial charge in [0.15, 0.2) is 5.75 Å². The zero-order chi connectivity index (χ0) is 18.8. The largest absolute Gasteiger partial charge is 0.454 e. The van der Waals surface area contributed by atoms with E-state index in [1.54, 1.807) is 35.2 Å². The maximum Gasteiger partial charge on any atom is 0.262 e. The number of benzene rings is 2. The van der Waals surface area contributed by atoms with Crippen LogP contribution in [0, 0.1) is 0 Å². The maximum atomic E-state index is 12.9. The molecule has 1 atom stereocenters. The average molecular weight is 366 g/mol. The molecule has 140 valence electrons. The SMILES string of the molecule is CCN1C(=O)c2ccccc2Oc2ccc(C(=O)NCC3CCCO3)cc21. The maximum absolute atomic E-state index is 12.9. The first-order chi connectivity index (χ1) is 13.2. The number of anilines is 1. The van der Waals surface area contributed by atoms with E-state index in [1.807, 2.05) is 19.1 Å². The summed E-state index contributed by atoms with van der Waals surface area (Å²) in [6.45, 7) is 3.63. The van der Waals surface area contributed by atoms with Crippen LogP contribution >= 0.6 is 0 Å². The molecule has 2 amide bonds. The lowest BCUT2D eigenvalue weighted by atomic mass is 10.1. The zero-order valence-electron chi connectivity index (χ0n) is 15.2. The number of rotatable bonds is 4. The molecule has 1 saturated heterocycles. The Morgan fingerprint density at radius 2 is 2.07 bits per heavy atom. The third-order valence-corrected chi connectivity index (χ3v) is 4.92. The fraction of sp³-hybridized carbons (Fsp3) is 0.333. The third-order valence-electron chi connectivity index (χ3n) is 4.92. The highest BCUT2D eigenvalue weighted by molar-refractivity contribution is 6.10. The van der Waals surface area contributed by atoms with Gasteiger partial charge in [0.25, 0.3) is 11.8 Å². The van der Waals surface area contributed by atoms with Crippen LogP contribution in [0.1, 0.15) is 40.5 Å². The number of carbonyl (C=O) groups excluding carboxylic acids is 2. The smallest absolute Gasteiger partial charge is 0.262 e. The Hall–Kier alpha value is -2.86. The normalized spacial score (nSPS) is 18.3. The van der Waals surface area contributed by atoms with Gasteiger partial charge in [0.2, 0.25) is 0 Å². The van der Waals surface area contributed by atoms with Crippen molar-refractivity contribution >= 4 is 17.5 Å². The zero-order valence-corrected chi connectivity index (χ0v) is 15.2. The number of amides is 2. The summed E-state index contributed by atoms with van der Waals surface area (Å²) in [4.78, 5) is 27.1. The van der Waals surface area contributed by atoms with E-state index in [0.29, 0.717) is 41.4 Å². The molecular formula is C21H22N2O4. The predicted octanol–water partition coefficient (Wildman–Crippen LogP) is 3.37. The van der Waals surface area contributed by atoms with Crippen LogP contribution in [0.4, 0.5) is 5.69 Å². The van der Waals surface area contributed by atoms with Crippen LogP contribution in [0.2, 0.25) is 0 Å². The molecule has 0 spiro atoms. The van der Waals surface area contributed by atoms with Gasteiger partial charge in [-0.05, 0) is 50.1 Å². The molecule has 2 aliphatic rings. The summed E-state index contributed by atoms with van der Waals surface area (Å²) in [7, 11) is 0. The van der Waals surface area contributed by atoms with Crippen molar-refractivity contribution in [2.45, 2.75) is 25.9 Å². The molecule has 6 heteroatoms. The Labute approximate surface area is 158 Å². The monoisotopic (exact) mass is 366 g/mol. The number of hydrogen-bond donors (Lipinski definition) is 1. The van der Waals surface area contributed by atoms with Gasteiger partial charge < -0.3 is 19.7 Å². The Morgan fingerprint density at radius 3 is 2.85 bits per heavy atom. The highest BCUT2D eigenvalue weighted by Crippen LogP contribution is 2.39. The Morgan fingerprint density at radius 1 is 1.22 bits per heavy atom. The number of ether oxygens (including phenoxy) is 2. The van der Waals surface area contributed by atoms with Gasteiger partial charge in [-0.3, -0.25) is 9.59 Å². The molecule has 2 aromatic rings. The van der Waals surface area contributed by atoms with Crippen molar-refractivity contribution in [1.82, 2.24) is 5.32 Å². The lowest BCUT2D eigenvalue weighted by molar-refractivity contribution is 0.0857. The number of nitrogens with one attached hydrogen (secondary N) is 1. The molecular weight excluding hydrogens is 344 g/mol. The van der Waals surface area contributed by atoms with Gasteiger partial charge in [-0.25, -0.2) is 0 Å². The van der Waals surface area contributed by atoms with Crippen molar-refractivity contribution in [3.8, 4) is 11.5 Å². The molecule has 27 heavy (non-hydrogen) atoms. The Bertz CT molecular complexity index is 874. The molecule has 2 aliphatic heterocycles. The summed E-state index contributed by atoms with van der Waals surface area (Å²) in [6.07, 6.45) is 2.08. The number of para-hydroxylation sites is 1. The minimum Gasteiger partial charge on any atom is -0.454 e. The van der Waals surface area contributed by atoms with Crippen molar-refractivity contribution in [3.63, 3.8) is 0 Å². The standard InChI is InChI=1S/C21H22N2O4/c1-2-23-17-12-14(20(24)22-13-15-6-5-11-26-15)9-10-19(17)27-18-8-4-3-7-16(18)21(23)25/h3-4,7-10,12,15H,2,5-6,11,13H2,1H3,(H,22,24). The molecule has 0 radical (unpaired) electrons. The molecule has 0 aromatic heterocycles. The summed E-state index contributed by atoms with van der Waals surface area (Å²) < 4.78 is 11.5. The summed E-state index contributed by atoms with van der Waals surface area (Å²) >= 11 is 0. The molecule has 2 heterocycles. The van der Waals surface area contributed by atoms with Crippen LogP contribution in [0.5, 0.6) is 11.5 Å². The minimum absolute atomic E-state index is 0.0846. The van der Waals surface area contributed by atoms with E-state index < -0.39 is 0 Å². The van der Waals surface area contributed by atoms with Gasteiger partial charge in [0.1, 0.15) is 5.75 Å². The van der Waals surface area contributed by atoms with Gasteiger partial charge in [0, 0.05) is 25.3 Å². The summed E-state index contributed by atoms with van der Waals surface area (Å²) in [5.74, 6) is 0.767. The van der Waals surface area contributed by atoms with Crippen LogP contribution < -0.4 is 15.0 Å². The topological polar surface area (TPSA) is 67.9 Å².